The normalized spacial score (nSPS) is 25.8. The van der Waals surface area contributed by atoms with E-state index in [1.54, 1.807) is 6.33 Å². The predicted octanol–water partition coefficient (Wildman–Crippen LogP) is 2.65. The van der Waals surface area contributed by atoms with Crippen molar-refractivity contribution in [3.63, 3.8) is 0 Å². The van der Waals surface area contributed by atoms with Gasteiger partial charge in [0, 0.05) is 29.7 Å². The number of hydrogen-bond acceptors (Lipinski definition) is 3. The molecule has 1 aromatic rings. The number of piperidine rings is 1. The third kappa shape index (κ3) is 2.54. The number of hydrogen-bond donors (Lipinski definition) is 0. The first-order valence-electron chi connectivity index (χ1n) is 5.90. The maximum absolute atomic E-state index is 4.36. The first-order chi connectivity index (χ1) is 7.70. The smallest absolute Gasteiger partial charge is 0.132 e. The van der Waals surface area contributed by atoms with Gasteiger partial charge >= 0.3 is 0 Å². The zero-order chi connectivity index (χ0) is 11.5. The highest BCUT2D eigenvalue weighted by molar-refractivity contribution is 9.09. The Morgan fingerprint density at radius 1 is 1.50 bits per heavy atom. The third-order valence-electron chi connectivity index (χ3n) is 3.26. The minimum Gasteiger partial charge on any atom is -0.355 e. The maximum atomic E-state index is 4.36. The van der Waals surface area contributed by atoms with Gasteiger partial charge in [0.05, 0.1) is 0 Å². The van der Waals surface area contributed by atoms with Crippen LogP contribution < -0.4 is 4.90 Å². The van der Waals surface area contributed by atoms with E-state index in [0.717, 1.165) is 36.9 Å². The summed E-state index contributed by atoms with van der Waals surface area (Å²) in [6.07, 6.45) is 3.87. The van der Waals surface area contributed by atoms with E-state index in [0.29, 0.717) is 4.83 Å². The van der Waals surface area contributed by atoms with E-state index in [-0.39, 0.29) is 0 Å². The first-order valence-corrected chi connectivity index (χ1v) is 6.82. The van der Waals surface area contributed by atoms with Crippen LogP contribution in [-0.2, 0) is 6.42 Å². The summed E-state index contributed by atoms with van der Waals surface area (Å²) in [6.45, 7) is 6.57. The zero-order valence-corrected chi connectivity index (χ0v) is 11.4. The molecule has 0 aliphatic carbocycles. The van der Waals surface area contributed by atoms with Crippen LogP contribution >= 0.6 is 15.9 Å². The number of halogens is 1. The summed E-state index contributed by atoms with van der Waals surface area (Å²) >= 11 is 3.74. The largest absolute Gasteiger partial charge is 0.355 e. The first kappa shape index (κ1) is 11.8. The molecule has 2 heterocycles. The van der Waals surface area contributed by atoms with Crippen LogP contribution in [-0.4, -0.2) is 27.9 Å². The standard InChI is InChI=1S/C12H18BrN3/c1-3-10-6-12(15-8-14-10)16-5-4-9(2)11(13)7-16/h6,8-9,11H,3-5,7H2,1-2H3. The topological polar surface area (TPSA) is 29.0 Å². The monoisotopic (exact) mass is 283 g/mol. The molecule has 1 fully saturated rings. The van der Waals surface area contributed by atoms with Crippen molar-refractivity contribution in [1.82, 2.24) is 9.97 Å². The van der Waals surface area contributed by atoms with E-state index in [1.165, 1.54) is 6.42 Å². The highest BCUT2D eigenvalue weighted by Gasteiger charge is 2.24. The van der Waals surface area contributed by atoms with Crippen molar-refractivity contribution in [3.8, 4) is 0 Å². The van der Waals surface area contributed by atoms with E-state index in [4.69, 9.17) is 0 Å². The molecule has 88 valence electrons. The number of anilines is 1. The van der Waals surface area contributed by atoms with Gasteiger partial charge in [0.1, 0.15) is 12.1 Å². The fourth-order valence-electron chi connectivity index (χ4n) is 1.98. The van der Waals surface area contributed by atoms with Gasteiger partial charge in [-0.25, -0.2) is 9.97 Å². The lowest BCUT2D eigenvalue weighted by Crippen LogP contribution is -2.40. The second-order valence-corrected chi connectivity index (χ2v) is 5.63. The van der Waals surface area contributed by atoms with Gasteiger partial charge in [-0.2, -0.15) is 0 Å². The quantitative estimate of drug-likeness (QED) is 0.782. The van der Waals surface area contributed by atoms with Gasteiger partial charge in [-0.1, -0.05) is 29.8 Å². The molecule has 0 aromatic carbocycles. The highest BCUT2D eigenvalue weighted by Crippen LogP contribution is 2.26. The van der Waals surface area contributed by atoms with Gasteiger partial charge in [-0.3, -0.25) is 0 Å². The molecule has 0 N–H and O–H groups in total. The average Bonchev–Trinajstić information content (AvgIpc) is 2.33. The van der Waals surface area contributed by atoms with E-state index in [2.05, 4.69) is 50.7 Å². The van der Waals surface area contributed by atoms with Crippen molar-refractivity contribution in [1.29, 1.82) is 0 Å². The van der Waals surface area contributed by atoms with Crippen LogP contribution in [0.25, 0.3) is 0 Å². The second kappa shape index (κ2) is 5.13. The highest BCUT2D eigenvalue weighted by atomic mass is 79.9. The molecular formula is C12H18BrN3. The molecule has 2 atom stereocenters. The van der Waals surface area contributed by atoms with Gasteiger partial charge < -0.3 is 4.90 Å². The molecule has 16 heavy (non-hydrogen) atoms. The average molecular weight is 284 g/mol. The molecule has 3 nitrogen and oxygen atoms in total. The van der Waals surface area contributed by atoms with Gasteiger partial charge in [-0.05, 0) is 18.8 Å². The molecule has 1 aliphatic rings. The fourth-order valence-corrected chi connectivity index (χ4v) is 2.60. The Bertz CT molecular complexity index is 356. The minimum atomic E-state index is 0.571. The van der Waals surface area contributed by atoms with Crippen LogP contribution in [0.5, 0.6) is 0 Å². The molecular weight excluding hydrogens is 266 g/mol. The third-order valence-corrected chi connectivity index (χ3v) is 4.45. The lowest BCUT2D eigenvalue weighted by molar-refractivity contribution is 0.454. The van der Waals surface area contributed by atoms with Crippen molar-refractivity contribution in [2.45, 2.75) is 31.5 Å². The van der Waals surface area contributed by atoms with Gasteiger partial charge in [0.2, 0.25) is 0 Å². The molecule has 0 bridgehead atoms. The summed E-state index contributed by atoms with van der Waals surface area (Å²) in [5, 5.41) is 0. The summed E-state index contributed by atoms with van der Waals surface area (Å²) in [7, 11) is 0. The lowest BCUT2D eigenvalue weighted by atomic mass is 9.99. The van der Waals surface area contributed by atoms with Crippen molar-refractivity contribution in [2.75, 3.05) is 18.0 Å². The lowest BCUT2D eigenvalue weighted by Gasteiger charge is -2.35. The second-order valence-electron chi connectivity index (χ2n) is 4.45. The van der Waals surface area contributed by atoms with Crippen LogP contribution in [0.1, 0.15) is 26.0 Å². The summed E-state index contributed by atoms with van der Waals surface area (Å²) in [5.41, 5.74) is 1.12. The Morgan fingerprint density at radius 3 is 3.00 bits per heavy atom. The van der Waals surface area contributed by atoms with E-state index in [1.807, 2.05) is 0 Å². The Morgan fingerprint density at radius 2 is 2.31 bits per heavy atom. The van der Waals surface area contributed by atoms with Crippen LogP contribution in [0.2, 0.25) is 0 Å². The number of alkyl halides is 1. The van der Waals surface area contributed by atoms with Crippen LogP contribution in [0.4, 0.5) is 5.82 Å². The van der Waals surface area contributed by atoms with Gasteiger partial charge in [-0.15, -0.1) is 0 Å². The molecule has 1 aliphatic heterocycles. The van der Waals surface area contributed by atoms with Crippen molar-refractivity contribution >= 4 is 21.7 Å². The predicted molar refractivity (Wildman–Crippen MR) is 70.1 cm³/mol. The Labute approximate surface area is 105 Å². The molecule has 2 rings (SSSR count). The number of rotatable bonds is 2. The summed E-state index contributed by atoms with van der Waals surface area (Å²) in [6, 6.07) is 2.11. The molecule has 4 heteroatoms. The van der Waals surface area contributed by atoms with E-state index < -0.39 is 0 Å². The minimum absolute atomic E-state index is 0.571. The number of nitrogens with zero attached hydrogens (tertiary/aromatic N) is 3. The zero-order valence-electron chi connectivity index (χ0n) is 9.86. The van der Waals surface area contributed by atoms with Crippen molar-refractivity contribution in [2.24, 2.45) is 5.92 Å². The van der Waals surface area contributed by atoms with Crippen LogP contribution in [0.3, 0.4) is 0 Å². The molecule has 1 saturated heterocycles. The Kier molecular flexibility index (Phi) is 3.79. The van der Waals surface area contributed by atoms with Gasteiger partial charge in [0.15, 0.2) is 0 Å². The van der Waals surface area contributed by atoms with Crippen LogP contribution in [0, 0.1) is 5.92 Å². The Hall–Kier alpha value is -0.640. The number of aryl methyl sites for hydroxylation is 1. The molecule has 0 radical (unpaired) electrons. The molecule has 0 spiro atoms. The molecule has 2 unspecified atom stereocenters. The van der Waals surface area contributed by atoms with Crippen LogP contribution in [0.15, 0.2) is 12.4 Å². The Balaban J connectivity index is 2.12. The summed E-state index contributed by atoms with van der Waals surface area (Å²) in [4.78, 5) is 11.5. The summed E-state index contributed by atoms with van der Waals surface area (Å²) in [5.74, 6) is 1.83. The fraction of sp³-hybridized carbons (Fsp3) is 0.667. The van der Waals surface area contributed by atoms with Crippen molar-refractivity contribution < 1.29 is 0 Å². The molecule has 0 saturated carbocycles. The maximum Gasteiger partial charge on any atom is 0.132 e. The van der Waals surface area contributed by atoms with Crippen molar-refractivity contribution in [3.05, 3.63) is 18.1 Å². The number of aromatic nitrogens is 2. The molecule has 1 aromatic heterocycles. The van der Waals surface area contributed by atoms with E-state index in [9.17, 15) is 0 Å². The summed E-state index contributed by atoms with van der Waals surface area (Å²) < 4.78 is 0. The van der Waals surface area contributed by atoms with Gasteiger partial charge in [0.25, 0.3) is 0 Å². The SMILES string of the molecule is CCc1cc(N2CCC(C)C(Br)C2)ncn1. The molecule has 0 amide bonds. The van der Waals surface area contributed by atoms with E-state index >= 15 is 0 Å².